The second-order valence-electron chi connectivity index (χ2n) is 5.19. The van der Waals surface area contributed by atoms with E-state index in [1.54, 1.807) is 0 Å². The smallest absolute Gasteiger partial charge is 0.322 e. The maximum atomic E-state index is 12.1. The Morgan fingerprint density at radius 1 is 0.769 bits per heavy atom. The van der Waals surface area contributed by atoms with Gasteiger partial charge in [0.05, 0.1) is 50.2 Å². The lowest BCUT2D eigenvalue weighted by atomic mass is 10.3. The monoisotopic (exact) mass is 371 g/mol. The summed E-state index contributed by atoms with van der Waals surface area (Å²) < 4.78 is 0. The van der Waals surface area contributed by atoms with Crippen molar-refractivity contribution in [3.63, 3.8) is 0 Å². The highest BCUT2D eigenvalue weighted by atomic mass is 16.3. The van der Waals surface area contributed by atoms with Crippen LogP contribution in [0.3, 0.4) is 0 Å². The summed E-state index contributed by atoms with van der Waals surface area (Å²) in [6, 6.07) is 0.427. The average Bonchev–Trinajstić information content (AvgIpc) is 2.61. The number of rotatable bonds is 10. The van der Waals surface area contributed by atoms with Gasteiger partial charge in [-0.2, -0.15) is 0 Å². The maximum absolute atomic E-state index is 12.1. The van der Waals surface area contributed by atoms with E-state index in [9.17, 15) is 9.59 Å². The summed E-state index contributed by atoms with van der Waals surface area (Å²) in [6.07, 6.45) is 2.76. The summed E-state index contributed by atoms with van der Waals surface area (Å²) in [6.45, 7) is -0.719. The van der Waals surface area contributed by atoms with Crippen LogP contribution in [0.15, 0.2) is 18.5 Å². The number of nitrogens with one attached hydrogen (secondary N) is 2. The molecule has 0 fully saturated rings. The minimum absolute atomic E-state index is 0.0630. The maximum Gasteiger partial charge on any atom is 0.322 e. The number of aliphatic hydroxyl groups excluding tert-OH is 4. The van der Waals surface area contributed by atoms with Crippen LogP contribution in [-0.4, -0.2) is 99.9 Å². The van der Waals surface area contributed by atoms with Crippen molar-refractivity contribution >= 4 is 23.4 Å². The van der Waals surface area contributed by atoms with Crippen molar-refractivity contribution in [2.45, 2.75) is 0 Å². The van der Waals surface area contributed by atoms with Crippen LogP contribution in [0.2, 0.25) is 0 Å². The number of nitrogens with zero attached hydrogens (tertiary/aromatic N) is 3. The highest BCUT2D eigenvalue weighted by Gasteiger charge is 2.15. The third-order valence-corrected chi connectivity index (χ3v) is 3.29. The number of amides is 4. The van der Waals surface area contributed by atoms with Crippen molar-refractivity contribution in [2.24, 2.45) is 0 Å². The number of carbonyl (C=O) groups excluding carboxylic acids is 2. The van der Waals surface area contributed by atoms with Gasteiger partial charge in [-0.25, -0.2) is 9.59 Å². The molecule has 1 aromatic heterocycles. The van der Waals surface area contributed by atoms with Gasteiger partial charge >= 0.3 is 12.1 Å². The zero-order valence-electron chi connectivity index (χ0n) is 14.3. The molecule has 11 heteroatoms. The Morgan fingerprint density at radius 2 is 1.12 bits per heavy atom. The molecule has 0 aliphatic carbocycles. The van der Waals surface area contributed by atoms with E-state index in [1.807, 2.05) is 0 Å². The lowest BCUT2D eigenvalue weighted by Gasteiger charge is -2.22. The molecule has 146 valence electrons. The fourth-order valence-corrected chi connectivity index (χ4v) is 2.09. The van der Waals surface area contributed by atoms with Crippen molar-refractivity contribution in [2.75, 3.05) is 63.2 Å². The number of hydrogen-bond acceptors (Lipinski definition) is 7. The number of hydrogen-bond donors (Lipinski definition) is 6. The molecular formula is C15H25N5O6. The third kappa shape index (κ3) is 7.19. The molecule has 0 aliphatic heterocycles. The van der Waals surface area contributed by atoms with E-state index in [2.05, 4.69) is 15.6 Å². The van der Waals surface area contributed by atoms with Gasteiger partial charge in [0.25, 0.3) is 0 Å². The summed E-state index contributed by atoms with van der Waals surface area (Å²) in [4.78, 5) is 30.6. The lowest BCUT2D eigenvalue weighted by Crippen LogP contribution is -2.39. The molecule has 1 aromatic rings. The number of pyridine rings is 1. The third-order valence-electron chi connectivity index (χ3n) is 3.29. The van der Waals surface area contributed by atoms with E-state index in [0.717, 1.165) is 0 Å². The summed E-state index contributed by atoms with van der Waals surface area (Å²) in [5.74, 6) is 0. The molecule has 0 spiro atoms. The van der Waals surface area contributed by atoms with E-state index < -0.39 is 12.1 Å². The van der Waals surface area contributed by atoms with Crippen LogP contribution in [0.4, 0.5) is 21.0 Å². The first-order chi connectivity index (χ1) is 12.5. The topological polar surface area (TPSA) is 158 Å². The molecule has 0 aromatic carbocycles. The summed E-state index contributed by atoms with van der Waals surface area (Å²) >= 11 is 0. The fourth-order valence-electron chi connectivity index (χ4n) is 2.09. The Kier molecular flexibility index (Phi) is 9.94. The van der Waals surface area contributed by atoms with Gasteiger partial charge in [-0.1, -0.05) is 0 Å². The van der Waals surface area contributed by atoms with Crippen LogP contribution in [0.5, 0.6) is 0 Å². The van der Waals surface area contributed by atoms with Gasteiger partial charge in [-0.3, -0.25) is 4.98 Å². The fraction of sp³-hybridized carbons (Fsp3) is 0.533. The molecule has 0 aliphatic rings. The molecule has 1 heterocycles. The molecular weight excluding hydrogens is 346 g/mol. The van der Waals surface area contributed by atoms with Crippen LogP contribution in [0.25, 0.3) is 0 Å². The van der Waals surface area contributed by atoms with Crippen LogP contribution >= 0.6 is 0 Å². The van der Waals surface area contributed by atoms with Crippen molar-refractivity contribution in [3.05, 3.63) is 18.5 Å². The van der Waals surface area contributed by atoms with Crippen LogP contribution in [-0.2, 0) is 0 Å². The zero-order chi connectivity index (χ0) is 19.4. The quantitative estimate of drug-likeness (QED) is 0.299. The van der Waals surface area contributed by atoms with E-state index in [-0.39, 0.29) is 52.6 Å². The van der Waals surface area contributed by atoms with Gasteiger partial charge in [-0.05, 0) is 6.07 Å². The van der Waals surface area contributed by atoms with Gasteiger partial charge in [0.1, 0.15) is 0 Å². The normalized spacial score (nSPS) is 10.3. The van der Waals surface area contributed by atoms with Gasteiger partial charge in [0.15, 0.2) is 0 Å². The Labute approximate surface area is 150 Å². The van der Waals surface area contributed by atoms with Gasteiger partial charge in [-0.15, -0.1) is 0 Å². The second-order valence-corrected chi connectivity index (χ2v) is 5.19. The Morgan fingerprint density at radius 3 is 1.42 bits per heavy atom. The average molecular weight is 371 g/mol. The molecule has 6 N–H and O–H groups in total. The van der Waals surface area contributed by atoms with E-state index in [0.29, 0.717) is 11.4 Å². The summed E-state index contributed by atoms with van der Waals surface area (Å²) in [5, 5.41) is 41.0. The molecule has 0 saturated carbocycles. The van der Waals surface area contributed by atoms with Crippen LogP contribution in [0.1, 0.15) is 0 Å². The molecule has 0 atom stereocenters. The van der Waals surface area contributed by atoms with Crippen molar-refractivity contribution < 1.29 is 30.0 Å². The van der Waals surface area contributed by atoms with Gasteiger partial charge in [0, 0.05) is 26.2 Å². The number of anilines is 2. The van der Waals surface area contributed by atoms with Crippen molar-refractivity contribution in [1.82, 2.24) is 14.8 Å². The predicted molar refractivity (Wildman–Crippen MR) is 93.8 cm³/mol. The van der Waals surface area contributed by atoms with E-state index >= 15 is 0 Å². The van der Waals surface area contributed by atoms with Gasteiger partial charge in [0.2, 0.25) is 0 Å². The number of carbonyl (C=O) groups is 2. The highest BCUT2D eigenvalue weighted by Crippen LogP contribution is 2.14. The number of aliphatic hydroxyl groups is 4. The first-order valence-corrected chi connectivity index (χ1v) is 8.06. The predicted octanol–water partition coefficient (Wildman–Crippen LogP) is -1.28. The SMILES string of the molecule is O=C(Nc1cncc(NC(=O)N(CCO)CCO)c1)N(CCO)CCO. The van der Waals surface area contributed by atoms with Gasteiger partial charge < -0.3 is 40.9 Å². The minimum atomic E-state index is -0.527. The first kappa shape index (κ1) is 21.6. The number of aromatic nitrogens is 1. The Hall–Kier alpha value is -2.47. The number of urea groups is 2. The molecule has 0 unspecified atom stereocenters. The van der Waals surface area contributed by atoms with E-state index in [4.69, 9.17) is 20.4 Å². The first-order valence-electron chi connectivity index (χ1n) is 8.06. The molecule has 1 rings (SSSR count). The summed E-state index contributed by atoms with van der Waals surface area (Å²) in [7, 11) is 0. The van der Waals surface area contributed by atoms with Crippen molar-refractivity contribution in [3.8, 4) is 0 Å². The standard InChI is InChI=1S/C15H25N5O6/c21-5-1-19(2-6-22)14(25)17-12-9-13(11-16-10-12)18-15(26)20(3-7-23)4-8-24/h9-11,21-24H,1-8H2,(H,17,25)(H,18,26). The molecule has 11 nitrogen and oxygen atoms in total. The molecule has 26 heavy (non-hydrogen) atoms. The largest absolute Gasteiger partial charge is 0.395 e. The lowest BCUT2D eigenvalue weighted by molar-refractivity contribution is 0.167. The Bertz CT molecular complexity index is 516. The Balaban J connectivity index is 2.74. The minimum Gasteiger partial charge on any atom is -0.395 e. The highest BCUT2D eigenvalue weighted by molar-refractivity contribution is 5.92. The van der Waals surface area contributed by atoms with Crippen LogP contribution < -0.4 is 10.6 Å². The second kappa shape index (κ2) is 12.0. The summed E-state index contributed by atoms with van der Waals surface area (Å²) in [5.41, 5.74) is 0.620. The van der Waals surface area contributed by atoms with Crippen LogP contribution in [0, 0.1) is 0 Å². The van der Waals surface area contributed by atoms with Crippen molar-refractivity contribution in [1.29, 1.82) is 0 Å². The molecule has 4 amide bonds. The molecule has 0 bridgehead atoms. The molecule has 0 saturated heterocycles. The molecule has 0 radical (unpaired) electrons. The zero-order valence-corrected chi connectivity index (χ0v) is 14.3. The van der Waals surface area contributed by atoms with E-state index in [1.165, 1.54) is 28.3 Å².